The van der Waals surface area contributed by atoms with Crippen LogP contribution in [0.4, 0.5) is 5.69 Å². The van der Waals surface area contributed by atoms with Gasteiger partial charge in [-0.2, -0.15) is 4.31 Å². The Balaban J connectivity index is 1.51. The molecule has 1 N–H and O–H groups in total. The van der Waals surface area contributed by atoms with Crippen molar-refractivity contribution < 1.29 is 13.2 Å². The number of carbonyl (C=O) groups excluding carboxylic acids is 1. The highest BCUT2D eigenvalue weighted by molar-refractivity contribution is 7.89. The molecule has 1 unspecified atom stereocenters. The van der Waals surface area contributed by atoms with E-state index in [9.17, 15) is 13.2 Å². The third-order valence-electron chi connectivity index (χ3n) is 5.77. The van der Waals surface area contributed by atoms with E-state index < -0.39 is 16.1 Å². The van der Waals surface area contributed by atoms with Gasteiger partial charge in [0.05, 0.1) is 4.90 Å². The summed E-state index contributed by atoms with van der Waals surface area (Å²) in [6.45, 7) is 3.47. The van der Waals surface area contributed by atoms with Gasteiger partial charge in [0.1, 0.15) is 6.04 Å². The van der Waals surface area contributed by atoms with Crippen molar-refractivity contribution in [1.82, 2.24) is 9.21 Å². The highest BCUT2D eigenvalue weighted by atomic mass is 35.5. The first-order valence-electron chi connectivity index (χ1n) is 10.8. The molecular formula is C25H26ClN3O3S. The van der Waals surface area contributed by atoms with Crippen LogP contribution in [0.3, 0.4) is 0 Å². The minimum atomic E-state index is -3.62. The molecule has 4 rings (SSSR count). The number of aryl methyl sites for hydroxylation is 1. The average Bonchev–Trinajstić information content (AvgIpc) is 2.82. The minimum Gasteiger partial charge on any atom is -0.324 e. The first-order valence-corrected chi connectivity index (χ1v) is 12.6. The molecule has 1 amide bonds. The first kappa shape index (κ1) is 23.4. The summed E-state index contributed by atoms with van der Waals surface area (Å²) in [5.41, 5.74) is 2.72. The van der Waals surface area contributed by atoms with Gasteiger partial charge in [0.25, 0.3) is 0 Å². The molecule has 1 aliphatic rings. The summed E-state index contributed by atoms with van der Waals surface area (Å²) in [6, 6.07) is 22.9. The Morgan fingerprint density at radius 2 is 1.48 bits per heavy atom. The number of piperazine rings is 1. The summed E-state index contributed by atoms with van der Waals surface area (Å²) in [7, 11) is -3.62. The van der Waals surface area contributed by atoms with Gasteiger partial charge in [0.15, 0.2) is 0 Å². The first-order chi connectivity index (χ1) is 15.8. The van der Waals surface area contributed by atoms with Crippen molar-refractivity contribution >= 4 is 33.2 Å². The molecule has 1 atom stereocenters. The Kier molecular flexibility index (Phi) is 7.14. The number of carbonyl (C=O) groups is 1. The number of nitrogens with zero attached hydrogens (tertiary/aromatic N) is 2. The summed E-state index contributed by atoms with van der Waals surface area (Å²) in [5.74, 6) is -0.140. The van der Waals surface area contributed by atoms with Crippen LogP contribution in [-0.4, -0.2) is 49.7 Å². The van der Waals surface area contributed by atoms with E-state index >= 15 is 0 Å². The van der Waals surface area contributed by atoms with Crippen LogP contribution >= 0.6 is 11.6 Å². The highest BCUT2D eigenvalue weighted by Gasteiger charge is 2.34. The van der Waals surface area contributed by atoms with Gasteiger partial charge in [-0.25, -0.2) is 8.42 Å². The monoisotopic (exact) mass is 483 g/mol. The molecular weight excluding hydrogens is 458 g/mol. The second-order valence-corrected chi connectivity index (χ2v) is 10.4. The number of halogens is 1. The van der Waals surface area contributed by atoms with Gasteiger partial charge < -0.3 is 5.32 Å². The Morgan fingerprint density at radius 1 is 0.879 bits per heavy atom. The Hall–Kier alpha value is -2.71. The number of amides is 1. The molecule has 0 saturated carbocycles. The largest absolute Gasteiger partial charge is 0.324 e. The molecule has 172 valence electrons. The molecule has 0 aromatic heterocycles. The lowest BCUT2D eigenvalue weighted by Crippen LogP contribution is -2.51. The molecule has 1 fully saturated rings. The maximum absolute atomic E-state index is 13.3. The zero-order chi connectivity index (χ0) is 23.4. The van der Waals surface area contributed by atoms with Gasteiger partial charge >= 0.3 is 0 Å². The molecule has 1 saturated heterocycles. The predicted molar refractivity (Wildman–Crippen MR) is 131 cm³/mol. The fraction of sp³-hybridized carbons (Fsp3) is 0.240. The molecule has 3 aromatic rings. The maximum Gasteiger partial charge on any atom is 0.246 e. The zero-order valence-corrected chi connectivity index (χ0v) is 19.9. The summed E-state index contributed by atoms with van der Waals surface area (Å²) in [6.07, 6.45) is 0. The smallest absolute Gasteiger partial charge is 0.246 e. The Bertz CT molecular complexity index is 1190. The Morgan fingerprint density at radius 3 is 2.09 bits per heavy atom. The lowest BCUT2D eigenvalue weighted by atomic mass is 10.0. The van der Waals surface area contributed by atoms with Crippen LogP contribution in [0.2, 0.25) is 5.02 Å². The van der Waals surface area contributed by atoms with Crippen molar-refractivity contribution in [3.8, 4) is 0 Å². The molecule has 0 bridgehead atoms. The summed E-state index contributed by atoms with van der Waals surface area (Å²) in [4.78, 5) is 15.6. The molecule has 8 heteroatoms. The van der Waals surface area contributed by atoms with Crippen molar-refractivity contribution in [3.63, 3.8) is 0 Å². The number of hydrogen-bond acceptors (Lipinski definition) is 4. The van der Waals surface area contributed by atoms with Gasteiger partial charge in [-0.05, 0) is 48.9 Å². The summed E-state index contributed by atoms with van der Waals surface area (Å²) >= 11 is 5.90. The van der Waals surface area contributed by atoms with Gasteiger partial charge in [-0.15, -0.1) is 0 Å². The number of hydrogen-bond donors (Lipinski definition) is 1. The van der Waals surface area contributed by atoms with Crippen LogP contribution in [0.25, 0.3) is 0 Å². The molecule has 1 aliphatic heterocycles. The average molecular weight is 484 g/mol. The van der Waals surface area contributed by atoms with Gasteiger partial charge in [0.2, 0.25) is 15.9 Å². The summed E-state index contributed by atoms with van der Waals surface area (Å²) < 4.78 is 27.5. The van der Waals surface area contributed by atoms with Crippen LogP contribution in [0.1, 0.15) is 17.2 Å². The highest BCUT2D eigenvalue weighted by Crippen LogP contribution is 2.26. The van der Waals surface area contributed by atoms with Crippen LogP contribution in [0, 0.1) is 6.92 Å². The van der Waals surface area contributed by atoms with Crippen LogP contribution in [0.5, 0.6) is 0 Å². The predicted octanol–water partition coefficient (Wildman–Crippen LogP) is 4.33. The van der Waals surface area contributed by atoms with Crippen LogP contribution in [0.15, 0.2) is 83.8 Å². The third-order valence-corrected chi connectivity index (χ3v) is 7.94. The molecule has 33 heavy (non-hydrogen) atoms. The SMILES string of the molecule is Cc1ccc(NC(=O)C(c2ccccc2)N2CCN(S(=O)(=O)c3ccc(Cl)cc3)CC2)cc1. The molecule has 0 radical (unpaired) electrons. The topological polar surface area (TPSA) is 69.7 Å². The van der Waals surface area contributed by atoms with Gasteiger partial charge in [-0.1, -0.05) is 59.6 Å². The normalized spacial score (nSPS) is 16.3. The zero-order valence-electron chi connectivity index (χ0n) is 18.3. The minimum absolute atomic E-state index is 0.140. The quantitative estimate of drug-likeness (QED) is 0.566. The van der Waals surface area contributed by atoms with Gasteiger partial charge in [0, 0.05) is 36.9 Å². The maximum atomic E-state index is 13.3. The van der Waals surface area contributed by atoms with E-state index in [0.717, 1.165) is 16.8 Å². The molecule has 1 heterocycles. The lowest BCUT2D eigenvalue weighted by molar-refractivity contribution is -0.122. The van der Waals surface area contributed by atoms with Crippen molar-refractivity contribution in [2.75, 3.05) is 31.5 Å². The number of rotatable bonds is 6. The standard InChI is InChI=1S/C25H26ClN3O3S/c1-19-7-11-22(12-8-19)27-25(30)24(20-5-3-2-4-6-20)28-15-17-29(18-16-28)33(31,32)23-13-9-21(26)10-14-23/h2-14,24H,15-18H2,1H3,(H,27,30). The number of sulfonamides is 1. The van der Waals surface area contributed by atoms with Crippen molar-refractivity contribution in [3.05, 3.63) is 95.0 Å². The van der Waals surface area contributed by atoms with E-state index in [1.165, 1.54) is 16.4 Å². The third kappa shape index (κ3) is 5.45. The second kappa shape index (κ2) is 10.1. The van der Waals surface area contributed by atoms with E-state index in [2.05, 4.69) is 5.32 Å². The van der Waals surface area contributed by atoms with E-state index in [4.69, 9.17) is 11.6 Å². The molecule has 6 nitrogen and oxygen atoms in total. The number of anilines is 1. The number of nitrogens with one attached hydrogen (secondary N) is 1. The molecule has 0 spiro atoms. The fourth-order valence-corrected chi connectivity index (χ4v) is 5.52. The van der Waals surface area contributed by atoms with Crippen molar-refractivity contribution in [2.45, 2.75) is 17.9 Å². The van der Waals surface area contributed by atoms with E-state index in [1.54, 1.807) is 12.1 Å². The van der Waals surface area contributed by atoms with Crippen LogP contribution < -0.4 is 5.32 Å². The van der Waals surface area contributed by atoms with Crippen molar-refractivity contribution in [1.29, 1.82) is 0 Å². The summed E-state index contributed by atoms with van der Waals surface area (Å²) in [5, 5.41) is 3.50. The van der Waals surface area contributed by atoms with Gasteiger partial charge in [-0.3, -0.25) is 9.69 Å². The van der Waals surface area contributed by atoms with E-state index in [-0.39, 0.29) is 10.8 Å². The van der Waals surface area contributed by atoms with E-state index in [0.29, 0.717) is 31.2 Å². The van der Waals surface area contributed by atoms with E-state index in [1.807, 2.05) is 66.4 Å². The molecule has 3 aromatic carbocycles. The molecule has 0 aliphatic carbocycles. The Labute approximate surface area is 199 Å². The lowest BCUT2D eigenvalue weighted by Gasteiger charge is -2.38. The number of benzene rings is 3. The fourth-order valence-electron chi connectivity index (χ4n) is 3.97. The van der Waals surface area contributed by atoms with Crippen LogP contribution in [-0.2, 0) is 14.8 Å². The van der Waals surface area contributed by atoms with Crippen molar-refractivity contribution in [2.24, 2.45) is 0 Å². The second-order valence-electron chi connectivity index (χ2n) is 8.06.